The van der Waals surface area contributed by atoms with E-state index in [4.69, 9.17) is 5.11 Å². The summed E-state index contributed by atoms with van der Waals surface area (Å²) in [7, 11) is 0. The third-order valence-electron chi connectivity index (χ3n) is 3.40. The van der Waals surface area contributed by atoms with E-state index in [1.807, 2.05) is 13.8 Å². The molecule has 0 unspecified atom stereocenters. The summed E-state index contributed by atoms with van der Waals surface area (Å²) in [5.74, 6) is -1.71. The van der Waals surface area contributed by atoms with Crippen molar-refractivity contribution < 1.29 is 14.7 Å². The maximum atomic E-state index is 12.2. The molecule has 2 rings (SSSR count). The summed E-state index contributed by atoms with van der Waals surface area (Å²) in [6.45, 7) is 7.48. The first-order chi connectivity index (χ1) is 10.3. The zero-order valence-electron chi connectivity index (χ0n) is 13.1. The van der Waals surface area contributed by atoms with Crippen LogP contribution in [0.4, 0.5) is 0 Å². The number of hydrogen-bond acceptors (Lipinski definition) is 4. The Bertz CT molecular complexity index is 706. The van der Waals surface area contributed by atoms with Crippen molar-refractivity contribution >= 4 is 22.9 Å². The van der Waals surface area contributed by atoms with Crippen molar-refractivity contribution in [1.29, 1.82) is 0 Å². The molecule has 0 aliphatic rings. The smallest absolute Gasteiger partial charge is 0.326 e. The van der Waals surface area contributed by atoms with Gasteiger partial charge < -0.3 is 10.4 Å². The van der Waals surface area contributed by atoms with Gasteiger partial charge in [0.1, 0.15) is 6.04 Å². The van der Waals surface area contributed by atoms with Gasteiger partial charge in [-0.1, -0.05) is 13.8 Å². The molecule has 7 heteroatoms. The summed E-state index contributed by atoms with van der Waals surface area (Å²) in [5, 5.41) is 16.6. The number of carboxylic acid groups (broad SMARTS) is 1. The van der Waals surface area contributed by atoms with Crippen LogP contribution in [0, 0.1) is 5.92 Å². The maximum Gasteiger partial charge on any atom is 0.326 e. The van der Waals surface area contributed by atoms with Crippen molar-refractivity contribution in [2.75, 3.05) is 0 Å². The van der Waals surface area contributed by atoms with Gasteiger partial charge in [-0.15, -0.1) is 0 Å². The van der Waals surface area contributed by atoms with E-state index >= 15 is 0 Å². The van der Waals surface area contributed by atoms with Crippen molar-refractivity contribution in [3.63, 3.8) is 0 Å². The summed E-state index contributed by atoms with van der Waals surface area (Å²) in [4.78, 5) is 27.6. The van der Waals surface area contributed by atoms with Gasteiger partial charge in [0, 0.05) is 17.6 Å². The standard InChI is InChI=1S/C15H20N4O3/c1-8(2)12(15(21)22)18-14(20)11-5-10-7-17-19(9(3)4)13(10)16-6-11/h5-9,12H,1-4H3,(H,18,20)(H,21,22)/t12-/m0/s1. The van der Waals surface area contributed by atoms with Crippen LogP contribution < -0.4 is 5.32 Å². The molecule has 1 atom stereocenters. The lowest BCUT2D eigenvalue weighted by Crippen LogP contribution is -2.44. The number of aliphatic carboxylic acids is 1. The van der Waals surface area contributed by atoms with E-state index in [2.05, 4.69) is 15.4 Å². The summed E-state index contributed by atoms with van der Waals surface area (Å²) >= 11 is 0. The van der Waals surface area contributed by atoms with E-state index in [0.29, 0.717) is 11.2 Å². The number of nitrogens with one attached hydrogen (secondary N) is 1. The number of hydrogen-bond donors (Lipinski definition) is 2. The van der Waals surface area contributed by atoms with Crippen LogP contribution in [-0.4, -0.2) is 37.8 Å². The molecule has 0 saturated heterocycles. The molecule has 0 fully saturated rings. The van der Waals surface area contributed by atoms with E-state index in [0.717, 1.165) is 5.39 Å². The molecule has 22 heavy (non-hydrogen) atoms. The maximum absolute atomic E-state index is 12.2. The predicted molar refractivity (Wildman–Crippen MR) is 81.6 cm³/mol. The minimum atomic E-state index is -1.05. The number of aromatic nitrogens is 3. The fourth-order valence-electron chi connectivity index (χ4n) is 2.18. The second-order valence-corrected chi connectivity index (χ2v) is 5.85. The van der Waals surface area contributed by atoms with Gasteiger partial charge in [-0.2, -0.15) is 5.10 Å². The van der Waals surface area contributed by atoms with Crippen LogP contribution in [0.3, 0.4) is 0 Å². The summed E-state index contributed by atoms with van der Waals surface area (Å²) in [6.07, 6.45) is 3.09. The molecule has 0 spiro atoms. The van der Waals surface area contributed by atoms with Crippen molar-refractivity contribution in [2.45, 2.75) is 39.8 Å². The number of nitrogens with zero attached hydrogens (tertiary/aromatic N) is 3. The zero-order chi connectivity index (χ0) is 16.4. The third kappa shape index (κ3) is 3.08. The minimum Gasteiger partial charge on any atom is -0.480 e. The van der Waals surface area contributed by atoms with Crippen LogP contribution in [-0.2, 0) is 4.79 Å². The fourth-order valence-corrected chi connectivity index (χ4v) is 2.18. The molecule has 0 saturated carbocycles. The van der Waals surface area contributed by atoms with Gasteiger partial charge in [-0.05, 0) is 25.8 Å². The average molecular weight is 304 g/mol. The van der Waals surface area contributed by atoms with E-state index in [9.17, 15) is 9.59 Å². The molecule has 2 N–H and O–H groups in total. The monoisotopic (exact) mass is 304 g/mol. The van der Waals surface area contributed by atoms with Crippen LogP contribution in [0.15, 0.2) is 18.5 Å². The minimum absolute atomic E-state index is 0.169. The Labute approximate surface area is 128 Å². The highest BCUT2D eigenvalue weighted by atomic mass is 16.4. The van der Waals surface area contributed by atoms with E-state index in [1.165, 1.54) is 6.20 Å². The molecule has 0 aromatic carbocycles. The highest BCUT2D eigenvalue weighted by molar-refractivity contribution is 5.98. The molecule has 0 aliphatic heterocycles. The van der Waals surface area contributed by atoms with Crippen LogP contribution in [0.2, 0.25) is 0 Å². The van der Waals surface area contributed by atoms with E-state index < -0.39 is 17.9 Å². The molecule has 1 amide bonds. The summed E-state index contributed by atoms with van der Waals surface area (Å²) in [5.41, 5.74) is 1.02. The Hall–Kier alpha value is -2.44. The first kappa shape index (κ1) is 15.9. The number of pyridine rings is 1. The number of carbonyl (C=O) groups is 2. The van der Waals surface area contributed by atoms with Gasteiger partial charge in [0.25, 0.3) is 5.91 Å². The van der Waals surface area contributed by atoms with E-state index in [1.54, 1.807) is 30.8 Å². The van der Waals surface area contributed by atoms with Gasteiger partial charge in [0.15, 0.2) is 5.65 Å². The van der Waals surface area contributed by atoms with Crippen LogP contribution in [0.5, 0.6) is 0 Å². The van der Waals surface area contributed by atoms with Crippen LogP contribution >= 0.6 is 0 Å². The van der Waals surface area contributed by atoms with Gasteiger partial charge in [0.05, 0.1) is 11.8 Å². The molecule has 0 aliphatic carbocycles. The Balaban J connectivity index is 2.27. The SMILES string of the molecule is CC(C)[C@H](NC(=O)c1cnc2c(cnn2C(C)C)c1)C(=O)O. The number of fused-ring (bicyclic) bond motifs is 1. The van der Waals surface area contributed by atoms with E-state index in [-0.39, 0.29) is 12.0 Å². The molecule has 2 aromatic rings. The summed E-state index contributed by atoms with van der Waals surface area (Å²) in [6, 6.07) is 0.909. The molecule has 0 radical (unpaired) electrons. The van der Waals surface area contributed by atoms with Crippen molar-refractivity contribution in [1.82, 2.24) is 20.1 Å². The number of amides is 1. The molecular weight excluding hydrogens is 284 g/mol. The largest absolute Gasteiger partial charge is 0.480 e. The highest BCUT2D eigenvalue weighted by Gasteiger charge is 2.24. The molecule has 7 nitrogen and oxygen atoms in total. The Morgan fingerprint density at radius 3 is 2.45 bits per heavy atom. The van der Waals surface area contributed by atoms with Crippen LogP contribution in [0.25, 0.3) is 11.0 Å². The first-order valence-corrected chi connectivity index (χ1v) is 7.18. The van der Waals surface area contributed by atoms with Gasteiger partial charge in [-0.3, -0.25) is 4.79 Å². The lowest BCUT2D eigenvalue weighted by Gasteiger charge is -2.17. The topological polar surface area (TPSA) is 97.1 Å². The second-order valence-electron chi connectivity index (χ2n) is 5.85. The molecule has 2 aromatic heterocycles. The van der Waals surface area contributed by atoms with Crippen molar-refractivity contribution in [2.24, 2.45) is 5.92 Å². The predicted octanol–water partition coefficient (Wildman–Crippen LogP) is 1.85. The van der Waals surface area contributed by atoms with Crippen molar-refractivity contribution in [3.05, 3.63) is 24.0 Å². The van der Waals surface area contributed by atoms with Gasteiger partial charge >= 0.3 is 5.97 Å². The Morgan fingerprint density at radius 2 is 1.91 bits per heavy atom. The van der Waals surface area contributed by atoms with Crippen molar-refractivity contribution in [3.8, 4) is 0 Å². The molecular formula is C15H20N4O3. The number of rotatable bonds is 5. The second kappa shape index (κ2) is 6.13. The molecule has 118 valence electrons. The summed E-state index contributed by atoms with van der Waals surface area (Å²) < 4.78 is 1.77. The number of carbonyl (C=O) groups excluding carboxylic acids is 1. The lowest BCUT2D eigenvalue weighted by atomic mass is 10.0. The number of carboxylic acids is 1. The molecule has 0 bridgehead atoms. The quantitative estimate of drug-likeness (QED) is 0.878. The Kier molecular flexibility index (Phi) is 4.44. The van der Waals surface area contributed by atoms with Crippen LogP contribution in [0.1, 0.15) is 44.1 Å². The lowest BCUT2D eigenvalue weighted by molar-refractivity contribution is -0.140. The third-order valence-corrected chi connectivity index (χ3v) is 3.40. The first-order valence-electron chi connectivity index (χ1n) is 7.18. The average Bonchev–Trinajstić information content (AvgIpc) is 2.86. The normalized spacial score (nSPS) is 12.8. The highest BCUT2D eigenvalue weighted by Crippen LogP contribution is 2.17. The van der Waals surface area contributed by atoms with Gasteiger partial charge in [0.2, 0.25) is 0 Å². The van der Waals surface area contributed by atoms with Gasteiger partial charge in [-0.25, -0.2) is 14.5 Å². The fraction of sp³-hybridized carbons (Fsp3) is 0.467. The zero-order valence-corrected chi connectivity index (χ0v) is 13.1. The Morgan fingerprint density at radius 1 is 1.23 bits per heavy atom. The molecule has 2 heterocycles.